The molecule has 0 saturated carbocycles. The van der Waals surface area contributed by atoms with Crippen molar-refractivity contribution < 1.29 is 22.7 Å². The highest BCUT2D eigenvalue weighted by molar-refractivity contribution is 7.92. The van der Waals surface area contributed by atoms with E-state index in [9.17, 15) is 18.0 Å². The van der Waals surface area contributed by atoms with E-state index in [1.807, 2.05) is 82.3 Å². The summed E-state index contributed by atoms with van der Waals surface area (Å²) in [4.78, 5) is 30.1. The lowest BCUT2D eigenvalue weighted by molar-refractivity contribution is -0.140. The Morgan fingerprint density at radius 3 is 2.11 bits per heavy atom. The fraction of sp³-hybridized carbons (Fsp3) is 0.297. The van der Waals surface area contributed by atoms with Crippen molar-refractivity contribution in [3.05, 3.63) is 125 Å². The molecular weight excluding hydrogens is 598 g/mol. The quantitative estimate of drug-likeness (QED) is 0.185. The Balaban J connectivity index is 1.83. The highest BCUT2D eigenvalue weighted by Gasteiger charge is 2.35. The van der Waals surface area contributed by atoms with Crippen LogP contribution in [0.5, 0.6) is 5.75 Å². The van der Waals surface area contributed by atoms with Crippen LogP contribution in [0.25, 0.3) is 0 Å². The van der Waals surface area contributed by atoms with Crippen LogP contribution in [0.4, 0.5) is 5.69 Å². The van der Waals surface area contributed by atoms with Gasteiger partial charge in [-0.2, -0.15) is 0 Å². The van der Waals surface area contributed by atoms with E-state index in [0.29, 0.717) is 12.3 Å². The van der Waals surface area contributed by atoms with Gasteiger partial charge in [-0.1, -0.05) is 98.3 Å². The van der Waals surface area contributed by atoms with Crippen molar-refractivity contribution in [2.75, 3.05) is 24.5 Å². The Bertz CT molecular complexity index is 1720. The zero-order valence-electron chi connectivity index (χ0n) is 27.1. The SMILES string of the molecule is COc1ccccc1N(CC(=O)N(Cc1ccccc1C)[C@@H](Cc1ccccc1)C(=O)NCC(C)C)S(=O)(=O)c1ccc(C)cc1. The zero-order chi connectivity index (χ0) is 33.3. The van der Waals surface area contributed by atoms with Gasteiger partial charge in [-0.25, -0.2) is 8.42 Å². The highest BCUT2D eigenvalue weighted by Crippen LogP contribution is 2.33. The van der Waals surface area contributed by atoms with E-state index < -0.39 is 28.5 Å². The first-order valence-electron chi connectivity index (χ1n) is 15.4. The molecule has 46 heavy (non-hydrogen) atoms. The van der Waals surface area contributed by atoms with Crippen molar-refractivity contribution in [2.45, 2.75) is 51.6 Å². The number of benzene rings is 4. The molecular formula is C37H43N3O5S. The Hall–Kier alpha value is -4.63. The van der Waals surface area contributed by atoms with Gasteiger partial charge in [-0.15, -0.1) is 0 Å². The predicted octanol–water partition coefficient (Wildman–Crippen LogP) is 5.92. The average Bonchev–Trinajstić information content (AvgIpc) is 3.05. The van der Waals surface area contributed by atoms with Gasteiger partial charge in [0.15, 0.2) is 0 Å². The number of carbonyl (C=O) groups is 2. The number of carbonyl (C=O) groups excluding carboxylic acids is 2. The zero-order valence-corrected chi connectivity index (χ0v) is 28.0. The molecule has 4 aromatic rings. The van der Waals surface area contributed by atoms with Gasteiger partial charge in [-0.3, -0.25) is 13.9 Å². The largest absolute Gasteiger partial charge is 0.495 e. The number of hydrogen-bond donors (Lipinski definition) is 1. The van der Waals surface area contributed by atoms with Gasteiger partial charge in [0.2, 0.25) is 11.8 Å². The second kappa shape index (κ2) is 15.6. The molecule has 242 valence electrons. The first-order valence-corrected chi connectivity index (χ1v) is 16.8. The number of ether oxygens (including phenoxy) is 1. The normalized spacial score (nSPS) is 12.0. The molecule has 2 amide bonds. The van der Waals surface area contributed by atoms with Gasteiger partial charge < -0.3 is 15.0 Å². The lowest BCUT2D eigenvalue weighted by atomic mass is 10.0. The first-order chi connectivity index (χ1) is 22.0. The van der Waals surface area contributed by atoms with Crippen LogP contribution in [-0.2, 0) is 32.6 Å². The molecule has 0 aliphatic rings. The van der Waals surface area contributed by atoms with Crippen LogP contribution >= 0.6 is 0 Å². The van der Waals surface area contributed by atoms with Crippen molar-refractivity contribution in [3.8, 4) is 5.75 Å². The van der Waals surface area contributed by atoms with Crippen LogP contribution in [0.1, 0.15) is 36.1 Å². The van der Waals surface area contributed by atoms with E-state index in [-0.39, 0.29) is 35.4 Å². The summed E-state index contributed by atoms with van der Waals surface area (Å²) in [7, 11) is -2.78. The second-order valence-electron chi connectivity index (χ2n) is 11.8. The lowest BCUT2D eigenvalue weighted by Crippen LogP contribution is -2.53. The van der Waals surface area contributed by atoms with Crippen molar-refractivity contribution in [1.82, 2.24) is 10.2 Å². The predicted molar refractivity (Wildman–Crippen MR) is 182 cm³/mol. The number of nitrogens with one attached hydrogen (secondary N) is 1. The number of sulfonamides is 1. The molecule has 1 atom stereocenters. The maximum absolute atomic E-state index is 14.6. The number of aryl methyl sites for hydroxylation is 2. The first kappa shape index (κ1) is 34.2. The maximum atomic E-state index is 14.6. The topological polar surface area (TPSA) is 96.0 Å². The molecule has 0 radical (unpaired) electrons. The summed E-state index contributed by atoms with van der Waals surface area (Å²) >= 11 is 0. The summed E-state index contributed by atoms with van der Waals surface area (Å²) in [6, 6.07) is 29.5. The Morgan fingerprint density at radius 1 is 0.826 bits per heavy atom. The summed E-state index contributed by atoms with van der Waals surface area (Å²) in [5, 5.41) is 3.02. The average molecular weight is 642 g/mol. The van der Waals surface area contributed by atoms with Crippen molar-refractivity contribution in [2.24, 2.45) is 5.92 Å². The van der Waals surface area contributed by atoms with Crippen LogP contribution in [0.3, 0.4) is 0 Å². The summed E-state index contributed by atoms with van der Waals surface area (Å²) in [6.07, 6.45) is 0.252. The number of methoxy groups -OCH3 is 1. The monoisotopic (exact) mass is 641 g/mol. The molecule has 1 N–H and O–H groups in total. The molecule has 8 nitrogen and oxygen atoms in total. The molecule has 0 bridgehead atoms. The minimum atomic E-state index is -4.23. The number of hydrogen-bond acceptors (Lipinski definition) is 5. The minimum Gasteiger partial charge on any atom is -0.495 e. The molecule has 0 unspecified atom stereocenters. The Morgan fingerprint density at radius 2 is 1.46 bits per heavy atom. The molecule has 0 fully saturated rings. The Labute approximate surface area is 273 Å². The molecule has 0 aliphatic heterocycles. The number of amides is 2. The molecule has 0 aliphatic carbocycles. The molecule has 4 rings (SSSR count). The van der Waals surface area contributed by atoms with Gasteiger partial charge in [0.05, 0.1) is 17.7 Å². The van der Waals surface area contributed by atoms with E-state index in [4.69, 9.17) is 4.74 Å². The standard InChI is InChI=1S/C37H43N3O5S/c1-27(2)24-38-37(42)34(23-30-14-7-6-8-15-30)39(25-31-16-10-9-13-29(31)4)36(41)26-40(33-17-11-12-18-35(33)45-5)46(43,44)32-21-19-28(3)20-22-32/h6-22,27,34H,23-26H2,1-5H3,(H,38,42)/t34-/m0/s1. The molecule has 0 heterocycles. The second-order valence-corrected chi connectivity index (χ2v) is 13.7. The third-order valence-corrected chi connectivity index (χ3v) is 9.57. The number of rotatable bonds is 14. The van der Waals surface area contributed by atoms with E-state index >= 15 is 0 Å². The van der Waals surface area contributed by atoms with Crippen LogP contribution < -0.4 is 14.4 Å². The number of nitrogens with zero attached hydrogens (tertiary/aromatic N) is 2. The fourth-order valence-corrected chi connectivity index (χ4v) is 6.56. The van der Waals surface area contributed by atoms with Gasteiger partial charge in [0.1, 0.15) is 18.3 Å². The van der Waals surface area contributed by atoms with Gasteiger partial charge >= 0.3 is 0 Å². The highest BCUT2D eigenvalue weighted by atomic mass is 32.2. The third kappa shape index (κ3) is 8.54. The molecule has 9 heteroatoms. The van der Waals surface area contributed by atoms with Crippen LogP contribution in [0.15, 0.2) is 108 Å². The smallest absolute Gasteiger partial charge is 0.264 e. The minimum absolute atomic E-state index is 0.0396. The van der Waals surface area contributed by atoms with Crippen LogP contribution in [0, 0.1) is 19.8 Å². The summed E-state index contributed by atoms with van der Waals surface area (Å²) < 4.78 is 35.2. The van der Waals surface area contributed by atoms with Crippen LogP contribution in [0.2, 0.25) is 0 Å². The summed E-state index contributed by atoms with van der Waals surface area (Å²) in [5.41, 5.74) is 3.81. The fourth-order valence-electron chi connectivity index (χ4n) is 5.13. The molecule has 0 saturated heterocycles. The van der Waals surface area contributed by atoms with Crippen molar-refractivity contribution in [3.63, 3.8) is 0 Å². The molecule has 0 aromatic heterocycles. The summed E-state index contributed by atoms with van der Waals surface area (Å²) in [5.74, 6) is -0.329. The van der Waals surface area contributed by atoms with Crippen LogP contribution in [-0.4, -0.2) is 51.4 Å². The van der Waals surface area contributed by atoms with Gasteiger partial charge in [0.25, 0.3) is 10.0 Å². The lowest BCUT2D eigenvalue weighted by Gasteiger charge is -2.34. The molecule has 0 spiro atoms. The van der Waals surface area contributed by atoms with Gasteiger partial charge in [0, 0.05) is 19.5 Å². The van der Waals surface area contributed by atoms with E-state index in [1.54, 1.807) is 36.4 Å². The Kier molecular flexibility index (Phi) is 11.6. The van der Waals surface area contributed by atoms with E-state index in [0.717, 1.165) is 26.6 Å². The van der Waals surface area contributed by atoms with Gasteiger partial charge in [-0.05, 0) is 60.7 Å². The number of anilines is 1. The number of para-hydroxylation sites is 2. The third-order valence-electron chi connectivity index (χ3n) is 7.80. The van der Waals surface area contributed by atoms with E-state index in [2.05, 4.69) is 5.32 Å². The maximum Gasteiger partial charge on any atom is 0.264 e. The van der Waals surface area contributed by atoms with Crippen molar-refractivity contribution in [1.29, 1.82) is 0 Å². The summed E-state index contributed by atoms with van der Waals surface area (Å²) in [6.45, 7) is 7.83. The van der Waals surface area contributed by atoms with Crippen molar-refractivity contribution >= 4 is 27.5 Å². The van der Waals surface area contributed by atoms with E-state index in [1.165, 1.54) is 24.1 Å². The molecule has 4 aromatic carbocycles.